The van der Waals surface area contributed by atoms with Gasteiger partial charge in [-0.3, -0.25) is 0 Å². The molecule has 1 aromatic rings. The molecule has 0 fully saturated rings. The Hall–Kier alpha value is -1.06. The molecule has 20 heavy (non-hydrogen) atoms. The van der Waals surface area contributed by atoms with Crippen molar-refractivity contribution in [3.05, 3.63) is 29.3 Å². The fourth-order valence-electron chi connectivity index (χ4n) is 2.14. The maximum absolute atomic E-state index is 6.08. The van der Waals surface area contributed by atoms with Gasteiger partial charge >= 0.3 is 0 Å². The molecule has 0 spiro atoms. The van der Waals surface area contributed by atoms with Crippen LogP contribution in [0, 0.1) is 6.92 Å². The minimum Gasteiger partial charge on any atom is -0.490 e. The number of methoxy groups -OCH3 is 1. The zero-order valence-corrected chi connectivity index (χ0v) is 13.5. The molecule has 1 N–H and O–H groups in total. The van der Waals surface area contributed by atoms with E-state index in [1.807, 2.05) is 0 Å². The van der Waals surface area contributed by atoms with Crippen molar-refractivity contribution in [2.75, 3.05) is 20.3 Å². The van der Waals surface area contributed by atoms with Gasteiger partial charge in [0.2, 0.25) is 0 Å². The van der Waals surface area contributed by atoms with Gasteiger partial charge in [0.25, 0.3) is 0 Å². The van der Waals surface area contributed by atoms with Crippen LogP contribution >= 0.6 is 0 Å². The molecule has 0 saturated heterocycles. The van der Waals surface area contributed by atoms with Crippen LogP contribution < -0.4 is 10.1 Å². The molecule has 0 aliphatic heterocycles. The van der Waals surface area contributed by atoms with Gasteiger partial charge in [-0.2, -0.15) is 0 Å². The fraction of sp³-hybridized carbons (Fsp3) is 0.647. The Balaban J connectivity index is 2.78. The predicted molar refractivity (Wildman–Crippen MR) is 84.5 cm³/mol. The molecule has 0 radical (unpaired) electrons. The van der Waals surface area contributed by atoms with Gasteiger partial charge < -0.3 is 14.8 Å². The molecule has 0 bridgehead atoms. The first-order valence-corrected chi connectivity index (χ1v) is 7.58. The molecule has 114 valence electrons. The van der Waals surface area contributed by atoms with Crippen molar-refractivity contribution < 1.29 is 9.47 Å². The molecule has 0 aliphatic rings. The predicted octanol–water partition coefficient (Wildman–Crippen LogP) is 3.86. The Labute approximate surface area is 123 Å². The van der Waals surface area contributed by atoms with Crippen molar-refractivity contribution in [2.45, 2.75) is 52.7 Å². The summed E-state index contributed by atoms with van der Waals surface area (Å²) >= 11 is 0. The molecule has 0 heterocycles. The molecule has 0 amide bonds. The number of rotatable bonds is 9. The van der Waals surface area contributed by atoms with Crippen LogP contribution in [0.15, 0.2) is 18.2 Å². The summed E-state index contributed by atoms with van der Waals surface area (Å²) in [7, 11) is 1.72. The van der Waals surface area contributed by atoms with Crippen LogP contribution in [0.5, 0.6) is 5.75 Å². The third-order valence-corrected chi connectivity index (χ3v) is 3.39. The van der Waals surface area contributed by atoms with Crippen molar-refractivity contribution in [3.8, 4) is 5.75 Å². The SMILES string of the molecule is CCCNC(C)c1cc(C)ccc1OC(C)CCOC. The summed E-state index contributed by atoms with van der Waals surface area (Å²) in [6, 6.07) is 6.71. The van der Waals surface area contributed by atoms with Crippen molar-refractivity contribution in [3.63, 3.8) is 0 Å². The highest BCUT2D eigenvalue weighted by Gasteiger charge is 2.13. The Morgan fingerprint density at radius 1 is 1.25 bits per heavy atom. The van der Waals surface area contributed by atoms with Gasteiger partial charge in [-0.25, -0.2) is 0 Å². The number of hydrogen-bond acceptors (Lipinski definition) is 3. The summed E-state index contributed by atoms with van der Waals surface area (Å²) in [5.41, 5.74) is 2.50. The van der Waals surface area contributed by atoms with Crippen molar-refractivity contribution in [1.29, 1.82) is 0 Å². The Bertz CT molecular complexity index is 393. The number of benzene rings is 1. The minimum absolute atomic E-state index is 0.162. The van der Waals surface area contributed by atoms with Crippen LogP contribution in [0.4, 0.5) is 0 Å². The maximum atomic E-state index is 6.08. The largest absolute Gasteiger partial charge is 0.490 e. The molecule has 2 unspecified atom stereocenters. The van der Waals surface area contributed by atoms with E-state index < -0.39 is 0 Å². The first kappa shape index (κ1) is 17.0. The molecule has 0 aliphatic carbocycles. The molecule has 0 saturated carbocycles. The summed E-state index contributed by atoms with van der Waals surface area (Å²) in [5, 5.41) is 3.53. The van der Waals surface area contributed by atoms with Crippen molar-refractivity contribution >= 4 is 0 Å². The lowest BCUT2D eigenvalue weighted by atomic mass is 10.0. The topological polar surface area (TPSA) is 30.5 Å². The minimum atomic E-state index is 0.162. The van der Waals surface area contributed by atoms with Crippen LogP contribution in [0.25, 0.3) is 0 Å². The van der Waals surface area contributed by atoms with Gasteiger partial charge in [0, 0.05) is 31.7 Å². The highest BCUT2D eigenvalue weighted by molar-refractivity contribution is 5.39. The Morgan fingerprint density at radius 3 is 2.65 bits per heavy atom. The number of nitrogens with one attached hydrogen (secondary N) is 1. The lowest BCUT2D eigenvalue weighted by Crippen LogP contribution is -2.21. The van der Waals surface area contributed by atoms with Gasteiger partial charge in [-0.15, -0.1) is 0 Å². The number of hydrogen-bond donors (Lipinski definition) is 1. The van der Waals surface area contributed by atoms with Crippen LogP contribution in [0.1, 0.15) is 50.8 Å². The number of ether oxygens (including phenoxy) is 2. The second-order valence-corrected chi connectivity index (χ2v) is 5.43. The lowest BCUT2D eigenvalue weighted by molar-refractivity contribution is 0.134. The summed E-state index contributed by atoms with van der Waals surface area (Å²) < 4.78 is 11.2. The van der Waals surface area contributed by atoms with Gasteiger partial charge in [0.05, 0.1) is 6.10 Å². The summed E-state index contributed by atoms with van der Waals surface area (Å²) in [6.45, 7) is 10.3. The van der Waals surface area contributed by atoms with E-state index in [1.54, 1.807) is 7.11 Å². The molecule has 3 heteroatoms. The average molecular weight is 279 g/mol. The molecular weight excluding hydrogens is 250 g/mol. The third-order valence-electron chi connectivity index (χ3n) is 3.39. The summed E-state index contributed by atoms with van der Waals surface area (Å²) in [6.07, 6.45) is 2.20. The van der Waals surface area contributed by atoms with Gasteiger partial charge in [-0.05, 0) is 39.8 Å². The second kappa shape index (κ2) is 8.98. The number of aryl methyl sites for hydroxylation is 1. The van der Waals surface area contributed by atoms with Crippen molar-refractivity contribution in [1.82, 2.24) is 5.32 Å². The standard InChI is InChI=1S/C17H29NO2/c1-6-10-18-15(4)16-12-13(2)7-8-17(16)20-14(3)9-11-19-5/h7-8,12,14-15,18H,6,9-11H2,1-5H3. The van der Waals surface area contributed by atoms with E-state index in [9.17, 15) is 0 Å². The normalized spacial score (nSPS) is 14.1. The van der Waals surface area contributed by atoms with Crippen LogP contribution in [0.2, 0.25) is 0 Å². The average Bonchev–Trinajstić information content (AvgIpc) is 2.44. The van der Waals surface area contributed by atoms with E-state index in [0.717, 1.165) is 31.7 Å². The van der Waals surface area contributed by atoms with E-state index >= 15 is 0 Å². The fourth-order valence-corrected chi connectivity index (χ4v) is 2.14. The Morgan fingerprint density at radius 2 is 2.00 bits per heavy atom. The van der Waals surface area contributed by atoms with E-state index in [1.165, 1.54) is 11.1 Å². The third kappa shape index (κ3) is 5.51. The molecular formula is C17H29NO2. The quantitative estimate of drug-likeness (QED) is 0.744. The van der Waals surface area contributed by atoms with Gasteiger partial charge in [0.15, 0.2) is 0 Å². The zero-order valence-electron chi connectivity index (χ0n) is 13.5. The monoisotopic (exact) mass is 279 g/mol. The Kier molecular flexibility index (Phi) is 7.63. The summed E-state index contributed by atoms with van der Waals surface area (Å²) in [4.78, 5) is 0. The first-order chi connectivity index (χ1) is 9.58. The molecule has 1 aromatic carbocycles. The maximum Gasteiger partial charge on any atom is 0.124 e. The van der Waals surface area contributed by atoms with Crippen LogP contribution in [-0.4, -0.2) is 26.4 Å². The van der Waals surface area contributed by atoms with E-state index in [0.29, 0.717) is 6.04 Å². The highest BCUT2D eigenvalue weighted by atomic mass is 16.5. The first-order valence-electron chi connectivity index (χ1n) is 7.58. The lowest BCUT2D eigenvalue weighted by Gasteiger charge is -2.22. The molecule has 1 rings (SSSR count). The summed E-state index contributed by atoms with van der Waals surface area (Å²) in [5.74, 6) is 0.982. The van der Waals surface area contributed by atoms with Crippen LogP contribution in [-0.2, 0) is 4.74 Å². The molecule has 0 aromatic heterocycles. The zero-order chi connectivity index (χ0) is 15.0. The highest BCUT2D eigenvalue weighted by Crippen LogP contribution is 2.27. The smallest absolute Gasteiger partial charge is 0.124 e. The second-order valence-electron chi connectivity index (χ2n) is 5.43. The molecule has 3 nitrogen and oxygen atoms in total. The van der Waals surface area contributed by atoms with Crippen LogP contribution in [0.3, 0.4) is 0 Å². The van der Waals surface area contributed by atoms with E-state index in [2.05, 4.69) is 51.2 Å². The van der Waals surface area contributed by atoms with Crippen molar-refractivity contribution in [2.24, 2.45) is 0 Å². The van der Waals surface area contributed by atoms with E-state index in [-0.39, 0.29) is 6.10 Å². The van der Waals surface area contributed by atoms with Gasteiger partial charge in [0.1, 0.15) is 5.75 Å². The van der Waals surface area contributed by atoms with Gasteiger partial charge in [-0.1, -0.05) is 24.6 Å². The van der Waals surface area contributed by atoms with E-state index in [4.69, 9.17) is 9.47 Å². The molecule has 2 atom stereocenters.